The monoisotopic (exact) mass is 476 g/mol. The van der Waals surface area contributed by atoms with Gasteiger partial charge in [0, 0.05) is 36.1 Å². The lowest BCUT2D eigenvalue weighted by atomic mass is 10.0. The first-order valence-electron chi connectivity index (χ1n) is 11.0. The van der Waals surface area contributed by atoms with E-state index in [9.17, 15) is 0 Å². The zero-order valence-electron chi connectivity index (χ0n) is 19.3. The van der Waals surface area contributed by atoms with Crippen LogP contribution in [-0.2, 0) is 4.74 Å². The molecule has 11 nitrogen and oxygen atoms in total. The number of hydrogen-bond acceptors (Lipinski definition) is 9. The fourth-order valence-electron chi connectivity index (χ4n) is 3.52. The Morgan fingerprint density at radius 3 is 2.54 bits per heavy atom. The van der Waals surface area contributed by atoms with Crippen LogP contribution in [0.5, 0.6) is 11.5 Å². The Balaban J connectivity index is 1.66. The van der Waals surface area contributed by atoms with E-state index in [1.165, 1.54) is 0 Å². The largest absolute Gasteiger partial charge is 0.497 e. The highest BCUT2D eigenvalue weighted by Crippen LogP contribution is 2.30. The summed E-state index contributed by atoms with van der Waals surface area (Å²) in [5.74, 6) is 1.79. The molecule has 1 unspecified atom stereocenters. The summed E-state index contributed by atoms with van der Waals surface area (Å²) in [6.07, 6.45) is 4.00. The van der Waals surface area contributed by atoms with Gasteiger partial charge in [0.05, 0.1) is 20.3 Å². The van der Waals surface area contributed by atoms with Gasteiger partial charge < -0.3 is 31.0 Å². The maximum atomic E-state index is 7.61. The lowest BCUT2D eigenvalue weighted by Crippen LogP contribution is -2.29. The first-order valence-corrected chi connectivity index (χ1v) is 11.0. The number of nitrogens with zero attached hydrogens (tertiary/aromatic N) is 3. The van der Waals surface area contributed by atoms with Crippen LogP contribution >= 0.6 is 0 Å². The third-order valence-electron chi connectivity index (χ3n) is 5.32. The topological polar surface area (TPSA) is 166 Å². The fourth-order valence-corrected chi connectivity index (χ4v) is 3.52. The minimum absolute atomic E-state index is 0.00767. The zero-order valence-corrected chi connectivity index (χ0v) is 19.3. The van der Waals surface area contributed by atoms with E-state index in [0.29, 0.717) is 36.2 Å². The normalized spacial score (nSPS) is 16.4. The number of amidine groups is 2. The number of anilines is 2. The van der Waals surface area contributed by atoms with Gasteiger partial charge in [-0.1, -0.05) is 0 Å². The summed E-state index contributed by atoms with van der Waals surface area (Å²) in [4.78, 5) is 8.21. The molecule has 35 heavy (non-hydrogen) atoms. The molecule has 2 atom stereocenters. The SMILES string of the molecule is COc1cc(O[C@H]2CCOC2)cc(C(Nc2ccc(C(=N)N)cc2)/C(N)=N/Nc2ncccn2)c1. The Bertz CT molecular complexity index is 1170. The van der Waals surface area contributed by atoms with Gasteiger partial charge in [-0.05, 0) is 48.0 Å². The van der Waals surface area contributed by atoms with Gasteiger partial charge in [0.2, 0.25) is 5.95 Å². The minimum atomic E-state index is -0.563. The number of aromatic nitrogens is 2. The second-order valence-corrected chi connectivity index (χ2v) is 7.83. The van der Waals surface area contributed by atoms with Crippen LogP contribution < -0.4 is 31.7 Å². The molecular weight excluding hydrogens is 448 g/mol. The first kappa shape index (κ1) is 23.8. The summed E-state index contributed by atoms with van der Waals surface area (Å²) >= 11 is 0. The van der Waals surface area contributed by atoms with Crippen molar-refractivity contribution in [3.05, 3.63) is 72.1 Å². The zero-order chi connectivity index (χ0) is 24.6. The van der Waals surface area contributed by atoms with Gasteiger partial charge in [0.25, 0.3) is 0 Å². The van der Waals surface area contributed by atoms with E-state index in [2.05, 4.69) is 25.8 Å². The molecule has 4 rings (SSSR count). The van der Waals surface area contributed by atoms with Gasteiger partial charge >= 0.3 is 0 Å². The molecule has 1 aliphatic rings. The van der Waals surface area contributed by atoms with Crippen molar-refractivity contribution in [1.82, 2.24) is 9.97 Å². The second-order valence-electron chi connectivity index (χ2n) is 7.83. The van der Waals surface area contributed by atoms with Gasteiger partial charge in [0.1, 0.15) is 35.3 Å². The average molecular weight is 477 g/mol. The number of nitrogen functional groups attached to an aromatic ring is 1. The summed E-state index contributed by atoms with van der Waals surface area (Å²) in [6.45, 7) is 1.22. The molecule has 2 aromatic carbocycles. The third kappa shape index (κ3) is 6.36. The predicted octanol–water partition coefficient (Wildman–Crippen LogP) is 2.47. The maximum Gasteiger partial charge on any atom is 0.243 e. The molecule has 1 fully saturated rings. The molecule has 2 heterocycles. The summed E-state index contributed by atoms with van der Waals surface area (Å²) in [6, 6.07) is 13.9. The Morgan fingerprint density at radius 1 is 1.14 bits per heavy atom. The van der Waals surface area contributed by atoms with Crippen LogP contribution in [0.3, 0.4) is 0 Å². The maximum absolute atomic E-state index is 7.61. The minimum Gasteiger partial charge on any atom is -0.497 e. The van der Waals surface area contributed by atoms with Crippen LogP contribution in [-0.4, -0.2) is 48.1 Å². The standard InChI is InChI=1S/C24H28N8O3/c1-33-19-11-16(12-20(13-19)35-18-7-10-34-14-18)21(23(27)31-32-24-28-8-2-9-29-24)30-17-5-3-15(4-6-17)22(25)26/h2-6,8-9,11-13,18,21,30H,7,10,14H2,1H3,(H3,25,26)(H2,27,31)(H,28,29,32)/t18-,21?/m0/s1. The Labute approximate surface area is 203 Å². The molecule has 7 N–H and O–H groups in total. The molecule has 1 aliphatic heterocycles. The van der Waals surface area contributed by atoms with E-state index < -0.39 is 6.04 Å². The molecular formula is C24H28N8O3. The Kier molecular flexibility index (Phi) is 7.58. The van der Waals surface area contributed by atoms with Crippen molar-refractivity contribution in [3.8, 4) is 11.5 Å². The van der Waals surface area contributed by atoms with Gasteiger partial charge in [-0.3, -0.25) is 5.41 Å². The van der Waals surface area contributed by atoms with E-state index in [0.717, 1.165) is 17.7 Å². The Morgan fingerprint density at radius 2 is 1.89 bits per heavy atom. The number of ether oxygens (including phenoxy) is 3. The average Bonchev–Trinajstić information content (AvgIpc) is 3.39. The molecule has 3 aromatic rings. The van der Waals surface area contributed by atoms with E-state index in [-0.39, 0.29) is 17.8 Å². The first-order chi connectivity index (χ1) is 17.0. The second kappa shape index (κ2) is 11.2. The molecule has 0 aliphatic carbocycles. The number of hydrogen-bond donors (Lipinski definition) is 5. The van der Waals surface area contributed by atoms with Crippen molar-refractivity contribution >= 4 is 23.3 Å². The molecule has 0 spiro atoms. The van der Waals surface area contributed by atoms with Gasteiger partial charge in [-0.15, -0.1) is 0 Å². The van der Waals surface area contributed by atoms with Gasteiger partial charge in [-0.25, -0.2) is 15.4 Å². The molecule has 0 saturated carbocycles. The lowest BCUT2D eigenvalue weighted by Gasteiger charge is -2.22. The van der Waals surface area contributed by atoms with E-state index in [4.69, 9.17) is 31.1 Å². The number of nitrogens with one attached hydrogen (secondary N) is 3. The van der Waals surface area contributed by atoms with Crippen molar-refractivity contribution in [2.75, 3.05) is 31.1 Å². The van der Waals surface area contributed by atoms with Crippen molar-refractivity contribution in [1.29, 1.82) is 5.41 Å². The third-order valence-corrected chi connectivity index (χ3v) is 5.32. The van der Waals surface area contributed by atoms with Crippen LogP contribution in [0.25, 0.3) is 0 Å². The molecule has 11 heteroatoms. The van der Waals surface area contributed by atoms with Gasteiger partial charge in [-0.2, -0.15) is 5.10 Å². The fraction of sp³-hybridized carbons (Fsp3) is 0.250. The molecule has 1 saturated heterocycles. The lowest BCUT2D eigenvalue weighted by molar-refractivity contribution is 0.141. The van der Waals surface area contributed by atoms with Crippen LogP contribution in [0, 0.1) is 5.41 Å². The molecule has 0 radical (unpaired) electrons. The number of nitrogens with two attached hydrogens (primary N) is 2. The molecule has 1 aromatic heterocycles. The highest BCUT2D eigenvalue weighted by Gasteiger charge is 2.22. The summed E-state index contributed by atoms with van der Waals surface area (Å²) in [7, 11) is 1.59. The van der Waals surface area contributed by atoms with E-state index in [1.807, 2.05) is 30.3 Å². The van der Waals surface area contributed by atoms with E-state index >= 15 is 0 Å². The number of rotatable bonds is 10. The number of hydrazone groups is 1. The molecule has 0 amide bonds. The summed E-state index contributed by atoms with van der Waals surface area (Å²) in [5, 5.41) is 15.3. The summed E-state index contributed by atoms with van der Waals surface area (Å²) in [5.41, 5.74) is 16.9. The van der Waals surface area contributed by atoms with Gasteiger partial charge in [0.15, 0.2) is 0 Å². The number of methoxy groups -OCH3 is 1. The van der Waals surface area contributed by atoms with Crippen molar-refractivity contribution in [3.63, 3.8) is 0 Å². The van der Waals surface area contributed by atoms with Crippen LogP contribution in [0.1, 0.15) is 23.6 Å². The molecule has 0 bridgehead atoms. The van der Waals surface area contributed by atoms with Crippen molar-refractivity contribution in [2.45, 2.75) is 18.6 Å². The number of benzene rings is 2. The quantitative estimate of drug-likeness (QED) is 0.168. The van der Waals surface area contributed by atoms with Crippen molar-refractivity contribution < 1.29 is 14.2 Å². The van der Waals surface area contributed by atoms with Crippen molar-refractivity contribution in [2.24, 2.45) is 16.6 Å². The summed E-state index contributed by atoms with van der Waals surface area (Å²) < 4.78 is 17.1. The van der Waals surface area contributed by atoms with Crippen LogP contribution in [0.15, 0.2) is 66.0 Å². The van der Waals surface area contributed by atoms with Crippen LogP contribution in [0.2, 0.25) is 0 Å². The smallest absolute Gasteiger partial charge is 0.243 e. The highest BCUT2D eigenvalue weighted by molar-refractivity contribution is 5.95. The molecule has 182 valence electrons. The van der Waals surface area contributed by atoms with E-state index in [1.54, 1.807) is 37.7 Å². The Hall–Kier alpha value is -4.38. The van der Waals surface area contributed by atoms with Crippen LogP contribution in [0.4, 0.5) is 11.6 Å². The predicted molar refractivity (Wildman–Crippen MR) is 134 cm³/mol. The highest BCUT2D eigenvalue weighted by atomic mass is 16.5.